The molecule has 25 heavy (non-hydrogen) atoms. The Morgan fingerprint density at radius 3 is 2.64 bits per heavy atom. The van der Waals surface area contributed by atoms with Gasteiger partial charge >= 0.3 is 5.97 Å². The first-order chi connectivity index (χ1) is 12.1. The quantitative estimate of drug-likeness (QED) is 0.690. The molecular weight excluding hydrogens is 326 g/mol. The van der Waals surface area contributed by atoms with Gasteiger partial charge in [0.25, 0.3) is 0 Å². The molecule has 10 heteroatoms. The van der Waals surface area contributed by atoms with Gasteiger partial charge in [-0.05, 0) is 0 Å². The highest BCUT2D eigenvalue weighted by Gasteiger charge is 2.20. The minimum absolute atomic E-state index is 0.0398. The predicted octanol–water partition coefficient (Wildman–Crippen LogP) is 0.303. The Morgan fingerprint density at radius 2 is 1.96 bits per heavy atom. The predicted molar refractivity (Wildman–Crippen MR) is 88.4 cm³/mol. The summed E-state index contributed by atoms with van der Waals surface area (Å²) in [5.74, 6) is -0.267. The minimum atomic E-state index is -1.09. The molecule has 3 aromatic heterocycles. The topological polar surface area (TPSA) is 132 Å². The van der Waals surface area contributed by atoms with Gasteiger partial charge in [0.1, 0.15) is 5.52 Å². The molecule has 3 N–H and O–H groups in total. The fourth-order valence-electron chi connectivity index (χ4n) is 2.70. The molecule has 0 amide bonds. The van der Waals surface area contributed by atoms with Crippen LogP contribution in [0.5, 0.6) is 0 Å². The summed E-state index contributed by atoms with van der Waals surface area (Å²) in [4.78, 5) is 26.0. The number of hydrogen-bond donors (Lipinski definition) is 2. The second-order valence-electron chi connectivity index (χ2n) is 5.54. The van der Waals surface area contributed by atoms with Gasteiger partial charge in [0.05, 0.1) is 25.1 Å². The van der Waals surface area contributed by atoms with E-state index in [0.717, 1.165) is 0 Å². The van der Waals surface area contributed by atoms with Crippen LogP contribution in [0.1, 0.15) is 10.5 Å². The molecule has 10 nitrogen and oxygen atoms in total. The van der Waals surface area contributed by atoms with Crippen molar-refractivity contribution in [3.05, 3.63) is 30.4 Å². The first kappa shape index (κ1) is 15.3. The van der Waals surface area contributed by atoms with Crippen LogP contribution in [0.15, 0.2) is 24.7 Å². The van der Waals surface area contributed by atoms with Crippen molar-refractivity contribution >= 4 is 23.3 Å². The first-order valence-corrected chi connectivity index (χ1v) is 7.66. The monoisotopic (exact) mass is 341 g/mol. The number of carboxylic acids is 1. The van der Waals surface area contributed by atoms with Crippen molar-refractivity contribution in [3.8, 4) is 11.3 Å². The van der Waals surface area contributed by atoms with Crippen molar-refractivity contribution in [1.29, 1.82) is 0 Å². The van der Waals surface area contributed by atoms with Gasteiger partial charge in [-0.2, -0.15) is 5.10 Å². The average Bonchev–Trinajstić information content (AvgIpc) is 3.07. The molecule has 4 heterocycles. The smallest absolute Gasteiger partial charge is 0.356 e. The number of nitrogens with two attached hydrogens (primary N) is 1. The zero-order valence-corrected chi connectivity index (χ0v) is 13.2. The highest BCUT2D eigenvalue weighted by molar-refractivity contribution is 5.89. The number of fused-ring (bicyclic) bond motifs is 1. The Hall–Kier alpha value is -3.27. The summed E-state index contributed by atoms with van der Waals surface area (Å²) in [5.41, 5.74) is 7.36. The number of ether oxygens (including phenoxy) is 1. The molecule has 0 aliphatic carbocycles. The third kappa shape index (κ3) is 2.83. The molecule has 4 rings (SSSR count). The number of nitrogens with zero attached hydrogens (tertiary/aromatic N) is 6. The second-order valence-corrected chi connectivity index (χ2v) is 5.54. The molecule has 0 radical (unpaired) electrons. The molecule has 1 aliphatic heterocycles. The largest absolute Gasteiger partial charge is 0.476 e. The summed E-state index contributed by atoms with van der Waals surface area (Å²) >= 11 is 0. The van der Waals surface area contributed by atoms with Crippen LogP contribution in [-0.2, 0) is 4.74 Å². The summed E-state index contributed by atoms with van der Waals surface area (Å²) in [6.45, 7) is 2.50. The molecule has 1 fully saturated rings. The summed E-state index contributed by atoms with van der Waals surface area (Å²) in [6, 6.07) is 1.52. The zero-order valence-electron chi connectivity index (χ0n) is 13.2. The van der Waals surface area contributed by atoms with Crippen molar-refractivity contribution in [2.45, 2.75) is 0 Å². The van der Waals surface area contributed by atoms with Crippen molar-refractivity contribution in [2.75, 3.05) is 36.9 Å². The van der Waals surface area contributed by atoms with Gasteiger partial charge in [0, 0.05) is 37.1 Å². The van der Waals surface area contributed by atoms with E-state index in [0.29, 0.717) is 48.9 Å². The maximum Gasteiger partial charge on any atom is 0.356 e. The first-order valence-electron chi connectivity index (χ1n) is 7.66. The lowest BCUT2D eigenvalue weighted by Gasteiger charge is -2.28. The molecule has 1 aliphatic rings. The highest BCUT2D eigenvalue weighted by Crippen LogP contribution is 2.26. The van der Waals surface area contributed by atoms with Crippen LogP contribution in [0.4, 0.5) is 11.8 Å². The van der Waals surface area contributed by atoms with E-state index >= 15 is 0 Å². The number of aromatic nitrogens is 5. The Kier molecular flexibility index (Phi) is 3.65. The Labute approximate surface area is 141 Å². The summed E-state index contributed by atoms with van der Waals surface area (Å²) in [7, 11) is 0. The molecule has 0 unspecified atom stereocenters. The van der Waals surface area contributed by atoms with E-state index in [1.54, 1.807) is 18.6 Å². The summed E-state index contributed by atoms with van der Waals surface area (Å²) in [6.07, 6.45) is 4.79. The molecule has 0 bridgehead atoms. The van der Waals surface area contributed by atoms with Crippen LogP contribution < -0.4 is 10.6 Å². The van der Waals surface area contributed by atoms with Gasteiger partial charge in [-0.15, -0.1) is 0 Å². The van der Waals surface area contributed by atoms with E-state index in [-0.39, 0.29) is 11.6 Å². The second kappa shape index (κ2) is 5.98. The van der Waals surface area contributed by atoms with Gasteiger partial charge in [0.2, 0.25) is 5.95 Å². The molecular formula is C15H15N7O3. The fourth-order valence-corrected chi connectivity index (χ4v) is 2.70. The maximum atomic E-state index is 11.3. The van der Waals surface area contributed by atoms with Gasteiger partial charge in [-0.3, -0.25) is 0 Å². The molecule has 0 atom stereocenters. The summed E-state index contributed by atoms with van der Waals surface area (Å²) in [5, 5.41) is 13.4. The van der Waals surface area contributed by atoms with Gasteiger partial charge < -0.3 is 20.5 Å². The lowest BCUT2D eigenvalue weighted by Crippen LogP contribution is -2.37. The minimum Gasteiger partial charge on any atom is -0.476 e. The lowest BCUT2D eigenvalue weighted by molar-refractivity contribution is 0.0690. The van der Waals surface area contributed by atoms with E-state index in [1.165, 1.54) is 10.6 Å². The Bertz CT molecular complexity index is 932. The number of anilines is 2. The van der Waals surface area contributed by atoms with Crippen LogP contribution in [-0.4, -0.2) is 61.9 Å². The van der Waals surface area contributed by atoms with Crippen LogP contribution >= 0.6 is 0 Å². The van der Waals surface area contributed by atoms with Gasteiger partial charge in [-0.1, -0.05) is 0 Å². The molecule has 128 valence electrons. The van der Waals surface area contributed by atoms with E-state index in [2.05, 4.69) is 15.1 Å². The van der Waals surface area contributed by atoms with Crippen molar-refractivity contribution in [1.82, 2.24) is 24.6 Å². The van der Waals surface area contributed by atoms with E-state index in [4.69, 9.17) is 15.5 Å². The fraction of sp³-hybridized carbons (Fsp3) is 0.267. The van der Waals surface area contributed by atoms with Crippen molar-refractivity contribution in [3.63, 3.8) is 0 Å². The number of morpholine rings is 1. The Balaban J connectivity index is 1.89. The SMILES string of the molecule is Nc1ncc(-c2cn3nc(C(=O)O)cc3c(N3CCOCC3)n2)cn1. The van der Waals surface area contributed by atoms with E-state index in [1.807, 2.05) is 4.90 Å². The summed E-state index contributed by atoms with van der Waals surface area (Å²) < 4.78 is 6.91. The average molecular weight is 341 g/mol. The number of rotatable bonds is 3. The van der Waals surface area contributed by atoms with Crippen molar-refractivity contribution < 1.29 is 14.6 Å². The normalized spacial score (nSPS) is 14.8. The molecule has 3 aromatic rings. The van der Waals surface area contributed by atoms with Gasteiger partial charge in [0.15, 0.2) is 11.5 Å². The highest BCUT2D eigenvalue weighted by atomic mass is 16.5. The van der Waals surface area contributed by atoms with Crippen LogP contribution in [0.3, 0.4) is 0 Å². The van der Waals surface area contributed by atoms with Crippen molar-refractivity contribution in [2.24, 2.45) is 0 Å². The van der Waals surface area contributed by atoms with E-state index < -0.39 is 5.97 Å². The maximum absolute atomic E-state index is 11.3. The lowest BCUT2D eigenvalue weighted by atomic mass is 10.2. The molecule has 0 spiro atoms. The zero-order chi connectivity index (χ0) is 17.4. The third-order valence-corrected chi connectivity index (χ3v) is 3.93. The Morgan fingerprint density at radius 1 is 1.24 bits per heavy atom. The standard InChI is InChI=1S/C15H15N7O3/c16-15-17-6-9(7-18-15)11-8-22-12(5-10(20-22)14(23)24)13(19-11)21-1-3-25-4-2-21/h5-8H,1-4H2,(H,23,24)(H2,16,17,18). The molecule has 0 aromatic carbocycles. The molecule has 0 saturated carbocycles. The number of nitrogen functional groups attached to an aromatic ring is 1. The van der Waals surface area contributed by atoms with Gasteiger partial charge in [-0.25, -0.2) is 24.3 Å². The van der Waals surface area contributed by atoms with E-state index in [9.17, 15) is 9.90 Å². The number of hydrogen-bond acceptors (Lipinski definition) is 8. The van der Waals surface area contributed by atoms with Crippen LogP contribution in [0.2, 0.25) is 0 Å². The number of carbonyl (C=O) groups is 1. The number of carboxylic acid groups (broad SMARTS) is 1. The van der Waals surface area contributed by atoms with Crippen LogP contribution in [0.25, 0.3) is 16.8 Å². The number of aromatic carboxylic acids is 1. The van der Waals surface area contributed by atoms with Crippen LogP contribution in [0, 0.1) is 0 Å². The molecule has 1 saturated heterocycles. The third-order valence-electron chi connectivity index (χ3n) is 3.93.